The van der Waals surface area contributed by atoms with E-state index >= 15 is 0 Å². The number of carbonyl (C=O) groups is 2. The Balaban J connectivity index is 1.53. The molecule has 0 spiro atoms. The monoisotopic (exact) mass is 419 g/mol. The summed E-state index contributed by atoms with van der Waals surface area (Å²) in [5.74, 6) is -0.0181. The summed E-state index contributed by atoms with van der Waals surface area (Å²) < 4.78 is 5.17. The Labute approximate surface area is 177 Å². The van der Waals surface area contributed by atoms with Gasteiger partial charge in [0.05, 0.1) is 36.1 Å². The number of rotatable bonds is 6. The normalized spacial score (nSPS) is 10.7. The van der Waals surface area contributed by atoms with Gasteiger partial charge >= 0.3 is 0 Å². The van der Waals surface area contributed by atoms with E-state index in [1.165, 1.54) is 6.26 Å². The molecule has 2 heterocycles. The number of aromatic nitrogens is 1. The number of hydrogen-bond donors (Lipinski definition) is 2. The van der Waals surface area contributed by atoms with Crippen LogP contribution in [0, 0.1) is 0 Å². The molecule has 0 aliphatic carbocycles. The minimum Gasteiger partial charge on any atom is -0.467 e. The molecule has 30 heavy (non-hydrogen) atoms. The van der Waals surface area contributed by atoms with Crippen molar-refractivity contribution >= 4 is 34.3 Å². The predicted octanol–water partition coefficient (Wildman–Crippen LogP) is 4.19. The lowest BCUT2D eigenvalue weighted by Gasteiger charge is -2.11. The zero-order chi connectivity index (χ0) is 20.9. The van der Waals surface area contributed by atoms with Crippen molar-refractivity contribution in [2.24, 2.45) is 0 Å². The Bertz CT molecular complexity index is 1190. The van der Waals surface area contributed by atoms with Crippen LogP contribution in [0.1, 0.15) is 16.1 Å². The summed E-state index contributed by atoms with van der Waals surface area (Å²) in [7, 11) is 0. The van der Waals surface area contributed by atoms with Gasteiger partial charge in [0.2, 0.25) is 5.91 Å². The zero-order valence-corrected chi connectivity index (χ0v) is 16.6. The van der Waals surface area contributed by atoms with Gasteiger partial charge in [-0.15, -0.1) is 0 Å². The molecule has 2 amide bonds. The highest BCUT2D eigenvalue weighted by molar-refractivity contribution is 6.30. The van der Waals surface area contributed by atoms with Crippen molar-refractivity contribution in [3.63, 3.8) is 0 Å². The van der Waals surface area contributed by atoms with Crippen LogP contribution in [0.4, 0.5) is 0 Å². The second-order valence-corrected chi connectivity index (χ2v) is 7.05. The second kappa shape index (κ2) is 8.80. The first-order chi connectivity index (χ1) is 14.6. The van der Waals surface area contributed by atoms with Gasteiger partial charge in [-0.3, -0.25) is 9.59 Å². The highest BCUT2D eigenvalue weighted by Crippen LogP contribution is 2.25. The number of nitrogens with zero attached hydrogens (tertiary/aromatic N) is 1. The lowest BCUT2D eigenvalue weighted by atomic mass is 10.0. The van der Waals surface area contributed by atoms with Gasteiger partial charge in [0, 0.05) is 16.0 Å². The Hall–Kier alpha value is -3.64. The molecular formula is C23H18ClN3O3. The molecule has 6 nitrogen and oxygen atoms in total. The third kappa shape index (κ3) is 4.50. The van der Waals surface area contributed by atoms with Crippen LogP contribution in [-0.2, 0) is 11.3 Å². The summed E-state index contributed by atoms with van der Waals surface area (Å²) in [5, 5.41) is 6.71. The molecule has 0 radical (unpaired) electrons. The fourth-order valence-corrected chi connectivity index (χ4v) is 3.17. The molecule has 0 aliphatic heterocycles. The van der Waals surface area contributed by atoms with Gasteiger partial charge in [-0.05, 0) is 36.4 Å². The summed E-state index contributed by atoms with van der Waals surface area (Å²) in [6.45, 7) is 0.118. The van der Waals surface area contributed by atoms with Crippen molar-refractivity contribution in [3.8, 4) is 11.3 Å². The van der Waals surface area contributed by atoms with E-state index in [-0.39, 0.29) is 24.9 Å². The Morgan fingerprint density at radius 2 is 1.77 bits per heavy atom. The Kier molecular flexibility index (Phi) is 5.77. The quantitative estimate of drug-likeness (QED) is 0.490. The fourth-order valence-electron chi connectivity index (χ4n) is 3.05. The Morgan fingerprint density at radius 1 is 0.967 bits per heavy atom. The number of halogens is 1. The average Bonchev–Trinajstić information content (AvgIpc) is 3.29. The number of benzene rings is 2. The maximum atomic E-state index is 12.9. The van der Waals surface area contributed by atoms with Gasteiger partial charge in [0.25, 0.3) is 5.91 Å². The van der Waals surface area contributed by atoms with Crippen molar-refractivity contribution in [1.29, 1.82) is 0 Å². The van der Waals surface area contributed by atoms with E-state index < -0.39 is 0 Å². The van der Waals surface area contributed by atoms with Crippen molar-refractivity contribution in [2.75, 3.05) is 6.54 Å². The molecule has 0 bridgehead atoms. The second-order valence-electron chi connectivity index (χ2n) is 6.62. The summed E-state index contributed by atoms with van der Waals surface area (Å²) in [6.07, 6.45) is 1.54. The number of carbonyl (C=O) groups excluding carboxylic acids is 2. The van der Waals surface area contributed by atoms with Crippen molar-refractivity contribution in [3.05, 3.63) is 89.3 Å². The highest BCUT2D eigenvalue weighted by atomic mass is 35.5. The van der Waals surface area contributed by atoms with Gasteiger partial charge in [-0.25, -0.2) is 4.98 Å². The maximum absolute atomic E-state index is 12.9. The number of hydrogen-bond acceptors (Lipinski definition) is 4. The van der Waals surface area contributed by atoms with E-state index in [0.29, 0.717) is 32.9 Å². The van der Waals surface area contributed by atoms with Crippen LogP contribution in [0.5, 0.6) is 0 Å². The van der Waals surface area contributed by atoms with Crippen LogP contribution >= 0.6 is 11.6 Å². The van der Waals surface area contributed by atoms with Crippen LogP contribution in [-0.4, -0.2) is 23.3 Å². The van der Waals surface area contributed by atoms with E-state index in [4.69, 9.17) is 16.0 Å². The van der Waals surface area contributed by atoms with Gasteiger partial charge in [-0.2, -0.15) is 0 Å². The van der Waals surface area contributed by atoms with Crippen LogP contribution in [0.15, 0.2) is 77.4 Å². The van der Waals surface area contributed by atoms with E-state index in [1.807, 2.05) is 36.4 Å². The summed E-state index contributed by atoms with van der Waals surface area (Å²) in [6, 6.07) is 19.9. The third-order valence-corrected chi connectivity index (χ3v) is 4.80. The topological polar surface area (TPSA) is 84.2 Å². The molecule has 0 saturated carbocycles. The number of amides is 2. The van der Waals surface area contributed by atoms with Crippen molar-refractivity contribution < 1.29 is 14.0 Å². The molecular weight excluding hydrogens is 402 g/mol. The molecule has 4 rings (SSSR count). The minimum absolute atomic E-state index is 0.146. The van der Waals surface area contributed by atoms with Gasteiger partial charge < -0.3 is 15.1 Å². The van der Waals surface area contributed by atoms with Crippen LogP contribution in [0.2, 0.25) is 5.02 Å². The Morgan fingerprint density at radius 3 is 2.53 bits per heavy atom. The smallest absolute Gasteiger partial charge is 0.252 e. The molecule has 0 unspecified atom stereocenters. The van der Waals surface area contributed by atoms with E-state index in [9.17, 15) is 9.59 Å². The standard InChI is InChI=1S/C23H18ClN3O3/c24-16-9-7-15(8-10-16)21-12-19(18-5-1-2-6-20(18)27-21)23(29)26-14-22(28)25-13-17-4-3-11-30-17/h1-12H,13-14H2,(H,25,28)(H,26,29). The largest absolute Gasteiger partial charge is 0.467 e. The zero-order valence-electron chi connectivity index (χ0n) is 15.9. The summed E-state index contributed by atoms with van der Waals surface area (Å²) in [4.78, 5) is 29.6. The van der Waals surface area contributed by atoms with Crippen molar-refractivity contribution in [1.82, 2.24) is 15.6 Å². The number of pyridine rings is 1. The predicted molar refractivity (Wildman–Crippen MR) is 115 cm³/mol. The fraction of sp³-hybridized carbons (Fsp3) is 0.0870. The van der Waals surface area contributed by atoms with Crippen molar-refractivity contribution in [2.45, 2.75) is 6.54 Å². The molecule has 0 fully saturated rings. The molecule has 2 aromatic carbocycles. The highest BCUT2D eigenvalue weighted by Gasteiger charge is 2.15. The van der Waals surface area contributed by atoms with Gasteiger partial charge in [-0.1, -0.05) is 41.9 Å². The first-order valence-corrected chi connectivity index (χ1v) is 9.71. The molecule has 7 heteroatoms. The van der Waals surface area contributed by atoms with Crippen LogP contribution in [0.25, 0.3) is 22.2 Å². The molecule has 150 valence electrons. The molecule has 0 aliphatic rings. The number of furan rings is 1. The molecule has 0 saturated heterocycles. The number of para-hydroxylation sites is 1. The molecule has 2 N–H and O–H groups in total. The SMILES string of the molecule is O=C(CNC(=O)c1cc(-c2ccc(Cl)cc2)nc2ccccc12)NCc1ccco1. The summed E-state index contributed by atoms with van der Waals surface area (Å²) in [5.41, 5.74) is 2.63. The average molecular weight is 420 g/mol. The lowest BCUT2D eigenvalue weighted by molar-refractivity contribution is -0.120. The van der Waals surface area contributed by atoms with E-state index in [2.05, 4.69) is 15.6 Å². The van der Waals surface area contributed by atoms with Gasteiger partial charge in [0.1, 0.15) is 5.76 Å². The first kappa shape index (κ1) is 19.7. The maximum Gasteiger partial charge on any atom is 0.252 e. The number of fused-ring (bicyclic) bond motifs is 1. The van der Waals surface area contributed by atoms with Gasteiger partial charge in [0.15, 0.2) is 0 Å². The van der Waals surface area contributed by atoms with Crippen LogP contribution in [0.3, 0.4) is 0 Å². The molecule has 4 aromatic rings. The van der Waals surface area contributed by atoms with E-state index in [0.717, 1.165) is 5.56 Å². The van der Waals surface area contributed by atoms with Crippen LogP contribution < -0.4 is 10.6 Å². The summed E-state index contributed by atoms with van der Waals surface area (Å²) >= 11 is 5.98. The third-order valence-electron chi connectivity index (χ3n) is 4.55. The molecule has 0 atom stereocenters. The first-order valence-electron chi connectivity index (χ1n) is 9.33. The minimum atomic E-state index is -0.350. The molecule has 2 aromatic heterocycles. The number of nitrogens with one attached hydrogen (secondary N) is 2. The van der Waals surface area contributed by atoms with E-state index in [1.54, 1.807) is 30.3 Å². The lowest BCUT2D eigenvalue weighted by Crippen LogP contribution is -2.36.